The summed E-state index contributed by atoms with van der Waals surface area (Å²) < 4.78 is 31.4. The van der Waals surface area contributed by atoms with Crippen LogP contribution in [0.1, 0.15) is 5.56 Å². The zero-order valence-electron chi connectivity index (χ0n) is 9.59. The third-order valence-electron chi connectivity index (χ3n) is 2.33. The Hall–Kier alpha value is -1.52. The molecule has 2 rings (SSSR count). The van der Waals surface area contributed by atoms with Crippen LogP contribution >= 0.6 is 23.2 Å². The van der Waals surface area contributed by atoms with Crippen molar-refractivity contribution in [1.82, 2.24) is 0 Å². The summed E-state index contributed by atoms with van der Waals surface area (Å²) in [6, 6.07) is 6.08. The summed E-state index contributed by atoms with van der Waals surface area (Å²) in [5.74, 6) is -1.12. The third-order valence-corrected chi connectivity index (χ3v) is 2.89. The van der Waals surface area contributed by atoms with Crippen LogP contribution in [-0.4, -0.2) is 0 Å². The number of ether oxygens (including phenoxy) is 1. The van der Waals surface area contributed by atoms with Crippen LogP contribution in [-0.2, 0) is 6.61 Å². The largest absolute Gasteiger partial charge is 0.486 e. The van der Waals surface area contributed by atoms with E-state index >= 15 is 0 Å². The molecule has 0 saturated heterocycles. The van der Waals surface area contributed by atoms with Crippen LogP contribution in [0.15, 0.2) is 30.3 Å². The third kappa shape index (κ3) is 3.49. The molecule has 0 aliphatic heterocycles. The van der Waals surface area contributed by atoms with Crippen LogP contribution in [0.25, 0.3) is 0 Å². The summed E-state index contributed by atoms with van der Waals surface area (Å²) in [6.07, 6.45) is 0. The maximum atomic E-state index is 13.0. The molecule has 2 N–H and O–H groups in total. The minimum absolute atomic E-state index is 0.0575. The Morgan fingerprint density at radius 1 is 0.947 bits per heavy atom. The van der Waals surface area contributed by atoms with Gasteiger partial charge in [0.2, 0.25) is 0 Å². The van der Waals surface area contributed by atoms with E-state index in [0.717, 1.165) is 6.07 Å². The Balaban J connectivity index is 2.19. The monoisotopic (exact) mass is 303 g/mol. The fourth-order valence-corrected chi connectivity index (χ4v) is 2.18. The molecular formula is C13H9Cl2F2NO. The predicted octanol–water partition coefficient (Wildman–Crippen LogP) is 4.43. The minimum Gasteiger partial charge on any atom is -0.486 e. The van der Waals surface area contributed by atoms with Gasteiger partial charge in [0.1, 0.15) is 18.2 Å². The van der Waals surface area contributed by atoms with Crippen LogP contribution in [0.3, 0.4) is 0 Å². The normalized spacial score (nSPS) is 10.5. The number of hydrogen-bond donors (Lipinski definition) is 1. The van der Waals surface area contributed by atoms with Gasteiger partial charge in [-0.3, -0.25) is 0 Å². The zero-order valence-corrected chi connectivity index (χ0v) is 11.1. The highest BCUT2D eigenvalue weighted by atomic mass is 35.5. The van der Waals surface area contributed by atoms with E-state index < -0.39 is 11.6 Å². The second-order valence-electron chi connectivity index (χ2n) is 3.88. The van der Waals surface area contributed by atoms with Crippen LogP contribution < -0.4 is 10.5 Å². The second-order valence-corrected chi connectivity index (χ2v) is 4.69. The van der Waals surface area contributed by atoms with Crippen molar-refractivity contribution in [2.24, 2.45) is 0 Å². The molecule has 100 valence electrons. The van der Waals surface area contributed by atoms with Crippen molar-refractivity contribution in [3.8, 4) is 5.75 Å². The maximum absolute atomic E-state index is 13.0. The number of nitrogen functional groups attached to an aromatic ring is 1. The Kier molecular flexibility index (Phi) is 4.12. The van der Waals surface area contributed by atoms with E-state index in [1.807, 2.05) is 0 Å². The van der Waals surface area contributed by atoms with Gasteiger partial charge >= 0.3 is 0 Å². The number of nitrogens with two attached hydrogens (primary N) is 1. The first-order valence-electron chi connectivity index (χ1n) is 5.28. The Morgan fingerprint density at radius 2 is 1.47 bits per heavy atom. The second kappa shape index (κ2) is 5.63. The van der Waals surface area contributed by atoms with Gasteiger partial charge < -0.3 is 10.5 Å². The van der Waals surface area contributed by atoms with Crippen LogP contribution in [0.2, 0.25) is 10.0 Å². The standard InChI is InChI=1S/C13H9Cl2F2NO/c14-11-4-10(18)5-12(15)13(11)19-6-7-1-8(16)3-9(17)2-7/h1-5H,6,18H2. The lowest BCUT2D eigenvalue weighted by Gasteiger charge is -2.11. The summed E-state index contributed by atoms with van der Waals surface area (Å²) in [5.41, 5.74) is 6.29. The fraction of sp³-hybridized carbons (Fsp3) is 0.0769. The van der Waals surface area contributed by atoms with Gasteiger partial charge in [-0.2, -0.15) is 0 Å². The molecule has 0 aromatic heterocycles. The number of benzene rings is 2. The van der Waals surface area contributed by atoms with Crippen molar-refractivity contribution in [3.63, 3.8) is 0 Å². The van der Waals surface area contributed by atoms with E-state index in [2.05, 4.69) is 0 Å². The van der Waals surface area contributed by atoms with E-state index in [-0.39, 0.29) is 22.4 Å². The summed E-state index contributed by atoms with van der Waals surface area (Å²) >= 11 is 11.9. The van der Waals surface area contributed by atoms with Crippen molar-refractivity contribution in [2.75, 3.05) is 5.73 Å². The lowest BCUT2D eigenvalue weighted by atomic mass is 10.2. The van der Waals surface area contributed by atoms with Crippen LogP contribution in [0.5, 0.6) is 5.75 Å². The molecule has 2 aromatic rings. The van der Waals surface area contributed by atoms with Crippen molar-refractivity contribution in [3.05, 3.63) is 57.6 Å². The van der Waals surface area contributed by atoms with Gasteiger partial charge in [-0.1, -0.05) is 23.2 Å². The molecule has 2 aromatic carbocycles. The molecule has 19 heavy (non-hydrogen) atoms. The Bertz CT molecular complexity index is 576. The van der Waals surface area contributed by atoms with Crippen molar-refractivity contribution in [1.29, 1.82) is 0 Å². The minimum atomic E-state index is -0.673. The summed E-state index contributed by atoms with van der Waals surface area (Å²) in [6.45, 7) is -0.0575. The predicted molar refractivity (Wildman–Crippen MR) is 71.6 cm³/mol. The van der Waals surface area contributed by atoms with Gasteiger partial charge in [-0.15, -0.1) is 0 Å². The van der Waals surface area contributed by atoms with Gasteiger partial charge in [-0.25, -0.2) is 8.78 Å². The van der Waals surface area contributed by atoms with Crippen molar-refractivity contribution >= 4 is 28.9 Å². The Morgan fingerprint density at radius 3 is 2.00 bits per heavy atom. The molecule has 0 aliphatic carbocycles. The van der Waals surface area contributed by atoms with Crippen molar-refractivity contribution in [2.45, 2.75) is 6.61 Å². The number of rotatable bonds is 3. The maximum Gasteiger partial charge on any atom is 0.157 e. The van der Waals surface area contributed by atoms with Crippen molar-refractivity contribution < 1.29 is 13.5 Å². The number of anilines is 1. The molecule has 0 bridgehead atoms. The zero-order chi connectivity index (χ0) is 14.0. The summed E-state index contributed by atoms with van der Waals surface area (Å²) in [7, 11) is 0. The Labute approximate surface area is 118 Å². The first-order chi connectivity index (χ1) is 8.95. The number of halogens is 4. The molecule has 6 heteroatoms. The molecular weight excluding hydrogens is 295 g/mol. The van der Waals surface area contributed by atoms with Gasteiger partial charge in [-0.05, 0) is 29.8 Å². The highest BCUT2D eigenvalue weighted by Gasteiger charge is 2.10. The summed E-state index contributed by atoms with van der Waals surface area (Å²) in [5, 5.41) is 0.476. The van der Waals surface area contributed by atoms with E-state index in [0.29, 0.717) is 11.3 Å². The van der Waals surface area contributed by atoms with E-state index in [4.69, 9.17) is 33.7 Å². The molecule has 0 aliphatic rings. The fourth-order valence-electron chi connectivity index (χ4n) is 1.57. The molecule has 0 spiro atoms. The van der Waals surface area contributed by atoms with Crippen LogP contribution in [0.4, 0.5) is 14.5 Å². The van der Waals surface area contributed by atoms with Gasteiger partial charge in [0.25, 0.3) is 0 Å². The van der Waals surface area contributed by atoms with E-state index in [1.54, 1.807) is 0 Å². The molecule has 0 unspecified atom stereocenters. The first-order valence-corrected chi connectivity index (χ1v) is 6.03. The lowest BCUT2D eigenvalue weighted by molar-refractivity contribution is 0.305. The molecule has 0 heterocycles. The quantitative estimate of drug-likeness (QED) is 0.851. The smallest absolute Gasteiger partial charge is 0.157 e. The average Bonchev–Trinajstić information content (AvgIpc) is 2.25. The molecule has 0 saturated carbocycles. The van der Waals surface area contributed by atoms with Gasteiger partial charge in [0.05, 0.1) is 10.0 Å². The van der Waals surface area contributed by atoms with E-state index in [1.165, 1.54) is 24.3 Å². The average molecular weight is 304 g/mol. The first kappa shape index (κ1) is 13.9. The number of hydrogen-bond acceptors (Lipinski definition) is 2. The molecule has 0 atom stereocenters. The molecule has 0 radical (unpaired) electrons. The molecule has 0 amide bonds. The molecule has 0 fully saturated rings. The van der Waals surface area contributed by atoms with Crippen LogP contribution in [0, 0.1) is 11.6 Å². The summed E-state index contributed by atoms with van der Waals surface area (Å²) in [4.78, 5) is 0. The van der Waals surface area contributed by atoms with Gasteiger partial charge in [0.15, 0.2) is 5.75 Å². The SMILES string of the molecule is Nc1cc(Cl)c(OCc2cc(F)cc(F)c2)c(Cl)c1. The highest BCUT2D eigenvalue weighted by molar-refractivity contribution is 6.37. The highest BCUT2D eigenvalue weighted by Crippen LogP contribution is 2.35. The topological polar surface area (TPSA) is 35.2 Å². The van der Waals surface area contributed by atoms with Gasteiger partial charge in [0, 0.05) is 11.8 Å². The van der Waals surface area contributed by atoms with E-state index in [9.17, 15) is 8.78 Å². The molecule has 2 nitrogen and oxygen atoms in total. The lowest BCUT2D eigenvalue weighted by Crippen LogP contribution is -1.99.